The Morgan fingerprint density at radius 3 is 1.64 bits per heavy atom. The molecule has 1 heterocycles. The van der Waals surface area contributed by atoms with E-state index < -0.39 is 0 Å². The molecule has 0 saturated heterocycles. The van der Waals surface area contributed by atoms with Crippen LogP contribution in [0.3, 0.4) is 0 Å². The summed E-state index contributed by atoms with van der Waals surface area (Å²) in [6.45, 7) is 2.18. The molecule has 4 atom stereocenters. The maximum Gasteiger partial charge on any atom is 0.127 e. The molecule has 0 N–H and O–H groups in total. The molecule has 39 heavy (non-hydrogen) atoms. The third kappa shape index (κ3) is 6.15. The molecule has 1 aliphatic heterocycles. The number of rotatable bonds is 10. The van der Waals surface area contributed by atoms with E-state index in [1.165, 1.54) is 0 Å². The van der Waals surface area contributed by atoms with E-state index in [-0.39, 0.29) is 24.2 Å². The van der Waals surface area contributed by atoms with E-state index in [4.69, 9.17) is 19.3 Å². The van der Waals surface area contributed by atoms with Crippen molar-refractivity contribution in [2.75, 3.05) is 11.6 Å². The number of hydrogen-bond donors (Lipinski definition) is 0. The summed E-state index contributed by atoms with van der Waals surface area (Å²) in [5.41, 5.74) is 5.41. The van der Waals surface area contributed by atoms with Gasteiger partial charge >= 0.3 is 0 Å². The summed E-state index contributed by atoms with van der Waals surface area (Å²) >= 11 is 3.54. The van der Waals surface area contributed by atoms with Gasteiger partial charge in [0.2, 0.25) is 0 Å². The van der Waals surface area contributed by atoms with Crippen LogP contribution >= 0.6 is 15.9 Å². The smallest absolute Gasteiger partial charge is 0.127 e. The van der Waals surface area contributed by atoms with Gasteiger partial charge in [0.25, 0.3) is 0 Å². The van der Waals surface area contributed by atoms with Crippen molar-refractivity contribution >= 4 is 27.3 Å². The largest absolute Gasteiger partial charge is 0.370 e. The molecule has 1 aliphatic carbocycles. The first-order valence-corrected chi connectivity index (χ1v) is 14.1. The van der Waals surface area contributed by atoms with Crippen LogP contribution in [-0.2, 0) is 34.0 Å². The lowest BCUT2D eigenvalue weighted by molar-refractivity contribution is -0.123. The highest BCUT2D eigenvalue weighted by Gasteiger charge is 2.54. The second kappa shape index (κ2) is 12.3. The summed E-state index contributed by atoms with van der Waals surface area (Å²) < 4.78 is 21.0. The van der Waals surface area contributed by atoms with E-state index in [1.807, 2.05) is 66.7 Å². The van der Waals surface area contributed by atoms with Crippen molar-refractivity contribution in [3.8, 4) is 0 Å². The van der Waals surface area contributed by atoms with Gasteiger partial charge in [-0.25, -0.2) is 0 Å². The molecule has 6 rings (SSSR count). The normalized spacial score (nSPS) is 22.1. The number of fused-ring (bicyclic) bond motifs is 1. The van der Waals surface area contributed by atoms with Gasteiger partial charge in [0.1, 0.15) is 12.2 Å². The predicted molar refractivity (Wildman–Crippen MR) is 157 cm³/mol. The van der Waals surface area contributed by atoms with Crippen molar-refractivity contribution in [3.63, 3.8) is 0 Å². The molecule has 0 aromatic heterocycles. The lowest BCUT2D eigenvalue weighted by atomic mass is 10.0. The monoisotopic (exact) mass is 582 g/mol. The average molecular weight is 584 g/mol. The SMILES string of the molecule is Brc1ccc(N2C[C@H]3C(=N2)[C@H](OCc2ccccc2)[C@H](OCc2ccccc2)[C@@H]3OCc2ccccc2)cc1. The molecule has 2 aliphatic rings. The van der Waals surface area contributed by atoms with Gasteiger partial charge in [-0.3, -0.25) is 5.01 Å². The van der Waals surface area contributed by atoms with Crippen LogP contribution in [0.2, 0.25) is 0 Å². The summed E-state index contributed by atoms with van der Waals surface area (Å²) in [4.78, 5) is 0. The van der Waals surface area contributed by atoms with Gasteiger partial charge in [0, 0.05) is 4.47 Å². The standard InChI is InChI=1S/C33H31BrN2O3/c34-27-16-18-28(19-17-27)36-20-29-30(35-36)32(38-22-25-12-6-2-7-13-25)33(39-23-26-14-8-3-9-15-26)31(29)37-21-24-10-4-1-5-11-24/h1-19,29,31-33H,20-23H2/t29-,31+,32-,33+/m0/s1. The zero-order valence-electron chi connectivity index (χ0n) is 21.6. The van der Waals surface area contributed by atoms with E-state index in [0.29, 0.717) is 26.4 Å². The van der Waals surface area contributed by atoms with Crippen LogP contribution in [0, 0.1) is 5.92 Å². The Morgan fingerprint density at radius 2 is 1.10 bits per heavy atom. The minimum absolute atomic E-state index is 0.0545. The Labute approximate surface area is 238 Å². The Hall–Kier alpha value is -3.29. The van der Waals surface area contributed by atoms with Gasteiger partial charge in [-0.1, -0.05) is 107 Å². The number of hydrazone groups is 1. The lowest BCUT2D eigenvalue weighted by Gasteiger charge is -2.28. The van der Waals surface area contributed by atoms with Crippen LogP contribution in [0.15, 0.2) is 125 Å². The summed E-state index contributed by atoms with van der Waals surface area (Å²) in [6, 6.07) is 39.1. The van der Waals surface area contributed by atoms with Gasteiger partial charge < -0.3 is 14.2 Å². The second-order valence-corrected chi connectivity index (χ2v) is 10.8. The van der Waals surface area contributed by atoms with Crippen LogP contribution in [0.25, 0.3) is 0 Å². The molecular formula is C33H31BrN2O3. The van der Waals surface area contributed by atoms with Crippen LogP contribution in [0.4, 0.5) is 5.69 Å². The van der Waals surface area contributed by atoms with Crippen molar-refractivity contribution < 1.29 is 14.2 Å². The molecule has 4 aromatic rings. The molecular weight excluding hydrogens is 552 g/mol. The number of ether oxygens (including phenoxy) is 3. The first-order valence-electron chi connectivity index (χ1n) is 13.3. The molecule has 0 spiro atoms. The quantitative estimate of drug-likeness (QED) is 0.202. The number of nitrogens with zero attached hydrogens (tertiary/aromatic N) is 2. The fourth-order valence-corrected chi connectivity index (χ4v) is 5.55. The molecule has 1 saturated carbocycles. The summed E-state index contributed by atoms with van der Waals surface area (Å²) in [5, 5.41) is 7.17. The summed E-state index contributed by atoms with van der Waals surface area (Å²) in [6.07, 6.45) is -0.803. The zero-order valence-corrected chi connectivity index (χ0v) is 23.2. The van der Waals surface area contributed by atoms with Crippen LogP contribution < -0.4 is 5.01 Å². The van der Waals surface area contributed by atoms with Crippen LogP contribution in [0.5, 0.6) is 0 Å². The van der Waals surface area contributed by atoms with Crippen molar-refractivity contribution in [2.24, 2.45) is 11.0 Å². The van der Waals surface area contributed by atoms with Gasteiger partial charge in [-0.15, -0.1) is 0 Å². The van der Waals surface area contributed by atoms with E-state index in [0.717, 1.165) is 32.6 Å². The predicted octanol–water partition coefficient (Wildman–Crippen LogP) is 7.01. The van der Waals surface area contributed by atoms with E-state index in [1.54, 1.807) is 0 Å². The van der Waals surface area contributed by atoms with Crippen LogP contribution in [-0.4, -0.2) is 30.6 Å². The number of anilines is 1. The highest BCUT2D eigenvalue weighted by atomic mass is 79.9. The minimum Gasteiger partial charge on any atom is -0.370 e. The number of benzene rings is 4. The topological polar surface area (TPSA) is 43.3 Å². The Balaban J connectivity index is 1.30. The third-order valence-corrected chi connectivity index (χ3v) is 7.79. The highest BCUT2D eigenvalue weighted by Crippen LogP contribution is 2.39. The average Bonchev–Trinajstić information content (AvgIpc) is 3.53. The summed E-state index contributed by atoms with van der Waals surface area (Å²) in [5.74, 6) is 0.0545. The highest BCUT2D eigenvalue weighted by molar-refractivity contribution is 9.10. The molecule has 5 nitrogen and oxygen atoms in total. The van der Waals surface area contributed by atoms with Gasteiger partial charge in [-0.2, -0.15) is 5.10 Å². The van der Waals surface area contributed by atoms with Gasteiger partial charge in [0.05, 0.1) is 49.8 Å². The fraction of sp³-hybridized carbons (Fsp3) is 0.242. The molecule has 0 unspecified atom stereocenters. The Morgan fingerprint density at radius 1 is 0.615 bits per heavy atom. The number of hydrogen-bond acceptors (Lipinski definition) is 5. The van der Waals surface area contributed by atoms with E-state index >= 15 is 0 Å². The first-order chi connectivity index (χ1) is 19.2. The van der Waals surface area contributed by atoms with Crippen molar-refractivity contribution in [3.05, 3.63) is 136 Å². The van der Waals surface area contributed by atoms with Crippen LogP contribution in [0.1, 0.15) is 16.7 Å². The third-order valence-electron chi connectivity index (χ3n) is 7.26. The van der Waals surface area contributed by atoms with Gasteiger partial charge in [-0.05, 0) is 41.0 Å². The fourth-order valence-electron chi connectivity index (χ4n) is 5.29. The minimum atomic E-state index is -0.319. The van der Waals surface area contributed by atoms with E-state index in [2.05, 4.69) is 69.5 Å². The maximum atomic E-state index is 6.67. The molecule has 0 bridgehead atoms. The molecule has 4 aromatic carbocycles. The lowest BCUT2D eigenvalue weighted by Crippen LogP contribution is -2.39. The molecule has 0 radical (unpaired) electrons. The second-order valence-electron chi connectivity index (χ2n) is 9.93. The van der Waals surface area contributed by atoms with Crippen molar-refractivity contribution in [1.29, 1.82) is 0 Å². The molecule has 0 amide bonds. The first kappa shape index (κ1) is 26.0. The maximum absolute atomic E-state index is 6.67. The molecule has 6 heteroatoms. The van der Waals surface area contributed by atoms with Gasteiger partial charge in [0.15, 0.2) is 0 Å². The zero-order chi connectivity index (χ0) is 26.4. The molecule has 198 valence electrons. The van der Waals surface area contributed by atoms with Crippen molar-refractivity contribution in [2.45, 2.75) is 38.1 Å². The Bertz CT molecular complexity index is 1370. The van der Waals surface area contributed by atoms with E-state index in [9.17, 15) is 0 Å². The molecule has 1 fully saturated rings. The Kier molecular flexibility index (Phi) is 8.16. The number of halogens is 1. The summed E-state index contributed by atoms with van der Waals surface area (Å²) in [7, 11) is 0. The van der Waals surface area contributed by atoms with Crippen molar-refractivity contribution in [1.82, 2.24) is 0 Å².